The Kier molecular flexibility index (Phi) is 5.02. The normalized spacial score (nSPS) is 19.6. The Morgan fingerprint density at radius 2 is 1.88 bits per heavy atom. The summed E-state index contributed by atoms with van der Waals surface area (Å²) in [6, 6.07) is 0.131. The number of carboxylic acids is 1. The molecular weight excluding hydrogens is 206 g/mol. The Labute approximate surface area is 95.7 Å². The highest BCUT2D eigenvalue weighted by atomic mass is 16.4. The highest BCUT2D eigenvalue weighted by molar-refractivity contribution is 5.93. The molecule has 0 spiro atoms. The van der Waals surface area contributed by atoms with E-state index in [1.165, 1.54) is 19.3 Å². The van der Waals surface area contributed by atoms with Crippen LogP contribution in [-0.2, 0) is 9.59 Å². The van der Waals surface area contributed by atoms with Crippen LogP contribution >= 0.6 is 0 Å². The largest absolute Gasteiger partial charge is 0.478 e. The first-order valence-electron chi connectivity index (χ1n) is 5.81. The smallest absolute Gasteiger partial charge is 0.328 e. The molecule has 0 aromatic rings. The van der Waals surface area contributed by atoms with Crippen molar-refractivity contribution in [3.63, 3.8) is 0 Å². The Hall–Kier alpha value is -1.32. The number of nitrogens with one attached hydrogen (secondary N) is 1. The highest BCUT2D eigenvalue weighted by Crippen LogP contribution is 2.26. The van der Waals surface area contributed by atoms with E-state index in [9.17, 15) is 9.59 Å². The van der Waals surface area contributed by atoms with Gasteiger partial charge >= 0.3 is 5.97 Å². The van der Waals surface area contributed by atoms with Gasteiger partial charge in [-0.3, -0.25) is 4.79 Å². The van der Waals surface area contributed by atoms with Crippen LogP contribution in [0, 0.1) is 5.92 Å². The van der Waals surface area contributed by atoms with Gasteiger partial charge in [-0.2, -0.15) is 0 Å². The van der Waals surface area contributed by atoms with Crippen molar-refractivity contribution in [2.24, 2.45) is 5.92 Å². The zero-order valence-electron chi connectivity index (χ0n) is 9.61. The summed E-state index contributed by atoms with van der Waals surface area (Å²) < 4.78 is 0. The van der Waals surface area contributed by atoms with E-state index in [1.54, 1.807) is 0 Å². The Balaban J connectivity index is 2.34. The summed E-state index contributed by atoms with van der Waals surface area (Å²) in [6.45, 7) is 1.99. The minimum atomic E-state index is -1.10. The molecule has 1 atom stereocenters. The van der Waals surface area contributed by atoms with E-state index in [2.05, 4.69) is 5.32 Å². The summed E-state index contributed by atoms with van der Waals surface area (Å²) in [7, 11) is 0. The van der Waals surface area contributed by atoms with Crippen molar-refractivity contribution in [3.8, 4) is 0 Å². The van der Waals surface area contributed by atoms with Gasteiger partial charge < -0.3 is 10.4 Å². The number of hydrogen-bond acceptors (Lipinski definition) is 2. The van der Waals surface area contributed by atoms with Crippen LogP contribution in [0.2, 0.25) is 0 Å². The summed E-state index contributed by atoms with van der Waals surface area (Å²) in [5.41, 5.74) is 0. The van der Waals surface area contributed by atoms with Crippen LogP contribution in [0.4, 0.5) is 0 Å². The molecule has 4 heteroatoms. The van der Waals surface area contributed by atoms with Crippen molar-refractivity contribution in [1.29, 1.82) is 0 Å². The van der Waals surface area contributed by atoms with Crippen LogP contribution in [0.3, 0.4) is 0 Å². The third-order valence-electron chi connectivity index (χ3n) is 3.10. The molecule has 1 aliphatic carbocycles. The molecule has 1 aliphatic rings. The molecule has 0 saturated heterocycles. The van der Waals surface area contributed by atoms with Gasteiger partial charge in [0, 0.05) is 18.2 Å². The molecule has 0 radical (unpaired) electrons. The Morgan fingerprint density at radius 3 is 2.44 bits per heavy atom. The molecule has 90 valence electrons. The monoisotopic (exact) mass is 225 g/mol. The first-order valence-corrected chi connectivity index (χ1v) is 5.81. The molecule has 1 rings (SSSR count). The predicted molar refractivity (Wildman–Crippen MR) is 61.0 cm³/mol. The summed E-state index contributed by atoms with van der Waals surface area (Å²) in [5.74, 6) is -0.878. The number of carboxylic acid groups (broad SMARTS) is 1. The van der Waals surface area contributed by atoms with Crippen molar-refractivity contribution >= 4 is 11.9 Å². The zero-order chi connectivity index (χ0) is 12.0. The van der Waals surface area contributed by atoms with Crippen molar-refractivity contribution in [2.45, 2.75) is 45.1 Å². The van der Waals surface area contributed by atoms with Gasteiger partial charge in [0.15, 0.2) is 0 Å². The topological polar surface area (TPSA) is 66.4 Å². The molecule has 0 aliphatic heterocycles. The van der Waals surface area contributed by atoms with Crippen LogP contribution in [0.1, 0.15) is 39.0 Å². The number of hydrogen-bond donors (Lipinski definition) is 2. The second-order valence-electron chi connectivity index (χ2n) is 4.37. The average molecular weight is 225 g/mol. The van der Waals surface area contributed by atoms with Crippen LogP contribution in [0.5, 0.6) is 0 Å². The van der Waals surface area contributed by atoms with Crippen molar-refractivity contribution in [2.75, 3.05) is 0 Å². The minimum absolute atomic E-state index is 0.131. The second-order valence-corrected chi connectivity index (χ2v) is 4.37. The van der Waals surface area contributed by atoms with Gasteiger partial charge in [-0.05, 0) is 25.7 Å². The van der Waals surface area contributed by atoms with E-state index in [0.29, 0.717) is 5.92 Å². The Bertz CT molecular complexity index is 280. The highest BCUT2D eigenvalue weighted by Gasteiger charge is 2.20. The third-order valence-corrected chi connectivity index (χ3v) is 3.10. The lowest BCUT2D eigenvalue weighted by atomic mass is 9.84. The average Bonchev–Trinajstić information content (AvgIpc) is 2.27. The molecule has 1 saturated carbocycles. The summed E-state index contributed by atoms with van der Waals surface area (Å²) in [6.07, 6.45) is 8.00. The maximum absolute atomic E-state index is 11.3. The first-order chi connectivity index (χ1) is 7.59. The predicted octanol–water partition coefficient (Wildman–Crippen LogP) is 1.71. The van der Waals surface area contributed by atoms with Crippen LogP contribution < -0.4 is 5.32 Å². The third kappa shape index (κ3) is 4.47. The molecule has 0 aromatic heterocycles. The number of amides is 1. The Morgan fingerprint density at radius 1 is 1.25 bits per heavy atom. The van der Waals surface area contributed by atoms with Gasteiger partial charge in [-0.15, -0.1) is 0 Å². The molecule has 2 N–H and O–H groups in total. The molecule has 0 bridgehead atoms. The number of carbonyl (C=O) groups is 2. The van der Waals surface area contributed by atoms with Gasteiger partial charge in [0.05, 0.1) is 0 Å². The van der Waals surface area contributed by atoms with E-state index < -0.39 is 5.97 Å². The lowest BCUT2D eigenvalue weighted by Crippen LogP contribution is -2.38. The molecule has 16 heavy (non-hydrogen) atoms. The van der Waals surface area contributed by atoms with Crippen LogP contribution in [0.25, 0.3) is 0 Å². The minimum Gasteiger partial charge on any atom is -0.478 e. The fourth-order valence-electron chi connectivity index (χ4n) is 2.17. The fourth-order valence-corrected chi connectivity index (χ4v) is 2.17. The van der Waals surface area contributed by atoms with Gasteiger partial charge in [0.1, 0.15) is 0 Å². The number of aliphatic carboxylic acids is 1. The molecule has 0 aromatic carbocycles. The summed E-state index contributed by atoms with van der Waals surface area (Å²) in [5, 5.41) is 11.2. The van der Waals surface area contributed by atoms with Crippen LogP contribution in [0.15, 0.2) is 12.2 Å². The molecule has 1 amide bonds. The van der Waals surface area contributed by atoms with E-state index in [-0.39, 0.29) is 11.9 Å². The zero-order valence-corrected chi connectivity index (χ0v) is 9.61. The van der Waals surface area contributed by atoms with Gasteiger partial charge in [-0.1, -0.05) is 19.3 Å². The molecule has 0 unspecified atom stereocenters. The molecule has 1 fully saturated rings. The fraction of sp³-hybridized carbons (Fsp3) is 0.667. The van der Waals surface area contributed by atoms with Crippen molar-refractivity contribution in [3.05, 3.63) is 12.2 Å². The van der Waals surface area contributed by atoms with Crippen molar-refractivity contribution < 1.29 is 14.7 Å². The summed E-state index contributed by atoms with van der Waals surface area (Å²) >= 11 is 0. The van der Waals surface area contributed by atoms with E-state index in [4.69, 9.17) is 5.11 Å². The van der Waals surface area contributed by atoms with E-state index in [0.717, 1.165) is 25.0 Å². The van der Waals surface area contributed by atoms with E-state index in [1.807, 2.05) is 6.92 Å². The number of carbonyl (C=O) groups excluding carboxylic acids is 1. The van der Waals surface area contributed by atoms with Crippen LogP contribution in [-0.4, -0.2) is 23.0 Å². The van der Waals surface area contributed by atoms with Crippen molar-refractivity contribution in [1.82, 2.24) is 5.32 Å². The summed E-state index contributed by atoms with van der Waals surface area (Å²) in [4.78, 5) is 21.6. The van der Waals surface area contributed by atoms with E-state index >= 15 is 0 Å². The van der Waals surface area contributed by atoms with Gasteiger partial charge in [0.25, 0.3) is 0 Å². The standard InChI is InChI=1S/C12H19NO3/c1-9(10-5-3-2-4-6-10)13-11(14)7-8-12(15)16/h7-10H,2-6H2,1H3,(H,13,14)(H,15,16)/b8-7+/t9-/m1/s1. The quantitative estimate of drug-likeness (QED) is 0.716. The molecule has 4 nitrogen and oxygen atoms in total. The SMILES string of the molecule is C[C@@H](NC(=O)/C=C/C(=O)O)C1CCCCC1. The van der Waals surface area contributed by atoms with Gasteiger partial charge in [-0.25, -0.2) is 4.79 Å². The first kappa shape index (κ1) is 12.7. The maximum atomic E-state index is 11.3. The maximum Gasteiger partial charge on any atom is 0.328 e. The van der Waals surface area contributed by atoms with Gasteiger partial charge in [0.2, 0.25) is 5.91 Å². The lowest BCUT2D eigenvalue weighted by Gasteiger charge is -2.27. The molecular formula is C12H19NO3. The number of rotatable bonds is 4. The molecule has 0 heterocycles. The second kappa shape index (κ2) is 6.30. The lowest BCUT2D eigenvalue weighted by molar-refractivity contribution is -0.131.